The minimum atomic E-state index is -0.0354. The third kappa shape index (κ3) is 5.03. The summed E-state index contributed by atoms with van der Waals surface area (Å²) < 4.78 is 10.8. The van der Waals surface area contributed by atoms with E-state index in [-0.39, 0.29) is 11.9 Å². The third-order valence-corrected chi connectivity index (χ3v) is 5.59. The molecule has 0 bridgehead atoms. The summed E-state index contributed by atoms with van der Waals surface area (Å²) in [7, 11) is 1.66. The molecular formula is C21H26N2O3S. The molecule has 0 spiro atoms. The van der Waals surface area contributed by atoms with E-state index in [0.29, 0.717) is 6.54 Å². The summed E-state index contributed by atoms with van der Waals surface area (Å²) in [6, 6.07) is 15.9. The zero-order chi connectivity index (χ0) is 19.1. The molecule has 2 aromatic rings. The van der Waals surface area contributed by atoms with Crippen molar-refractivity contribution in [3.05, 3.63) is 59.7 Å². The van der Waals surface area contributed by atoms with Crippen LogP contribution in [0.15, 0.2) is 53.4 Å². The fourth-order valence-corrected chi connectivity index (χ4v) is 3.89. The van der Waals surface area contributed by atoms with Crippen LogP contribution in [0.4, 0.5) is 0 Å². The minimum absolute atomic E-state index is 0.0354. The van der Waals surface area contributed by atoms with Gasteiger partial charge in [0.05, 0.1) is 31.9 Å². The van der Waals surface area contributed by atoms with Gasteiger partial charge in [-0.1, -0.05) is 24.3 Å². The van der Waals surface area contributed by atoms with E-state index in [9.17, 15) is 4.79 Å². The number of hydrogen-bond acceptors (Lipinski definition) is 5. The Balaban J connectivity index is 1.75. The second-order valence-corrected chi connectivity index (χ2v) is 7.20. The van der Waals surface area contributed by atoms with Crippen LogP contribution in [-0.2, 0) is 4.74 Å². The van der Waals surface area contributed by atoms with Gasteiger partial charge in [-0.25, -0.2) is 0 Å². The summed E-state index contributed by atoms with van der Waals surface area (Å²) in [5.74, 6) is 0.795. The van der Waals surface area contributed by atoms with Crippen LogP contribution < -0.4 is 10.1 Å². The molecule has 1 unspecified atom stereocenters. The van der Waals surface area contributed by atoms with Gasteiger partial charge in [0.25, 0.3) is 5.91 Å². The van der Waals surface area contributed by atoms with Crippen molar-refractivity contribution in [2.24, 2.45) is 0 Å². The highest BCUT2D eigenvalue weighted by Crippen LogP contribution is 2.24. The Labute approximate surface area is 165 Å². The van der Waals surface area contributed by atoms with E-state index in [2.05, 4.69) is 22.3 Å². The topological polar surface area (TPSA) is 50.8 Å². The highest BCUT2D eigenvalue weighted by atomic mass is 32.2. The molecule has 1 aliphatic heterocycles. The van der Waals surface area contributed by atoms with Gasteiger partial charge in [0.2, 0.25) is 0 Å². The Morgan fingerprint density at radius 1 is 1.19 bits per heavy atom. The molecule has 5 nitrogen and oxygen atoms in total. The molecule has 1 saturated heterocycles. The van der Waals surface area contributed by atoms with Gasteiger partial charge in [-0.05, 0) is 36.1 Å². The van der Waals surface area contributed by atoms with E-state index >= 15 is 0 Å². The Morgan fingerprint density at radius 2 is 1.89 bits per heavy atom. The van der Waals surface area contributed by atoms with Gasteiger partial charge in [-0.3, -0.25) is 9.69 Å². The SMILES string of the molecule is COc1ccc(C(CNC(=O)c2ccccc2SC)N2CCOCC2)cc1. The third-order valence-electron chi connectivity index (χ3n) is 4.79. The highest BCUT2D eigenvalue weighted by molar-refractivity contribution is 7.98. The molecule has 1 amide bonds. The van der Waals surface area contributed by atoms with E-state index in [0.717, 1.165) is 48.1 Å². The zero-order valence-corrected chi connectivity index (χ0v) is 16.6. The summed E-state index contributed by atoms with van der Waals surface area (Å²) in [4.78, 5) is 16.1. The van der Waals surface area contributed by atoms with Crippen LogP contribution >= 0.6 is 11.8 Å². The quantitative estimate of drug-likeness (QED) is 0.741. The van der Waals surface area contributed by atoms with Crippen LogP contribution in [0.25, 0.3) is 0 Å². The molecule has 0 aliphatic carbocycles. The van der Waals surface area contributed by atoms with E-state index in [1.54, 1.807) is 18.9 Å². The first-order valence-corrected chi connectivity index (χ1v) is 10.3. The van der Waals surface area contributed by atoms with Crippen molar-refractivity contribution in [2.75, 3.05) is 46.2 Å². The Kier molecular flexibility index (Phi) is 7.15. The lowest BCUT2D eigenvalue weighted by atomic mass is 10.0. The molecule has 0 saturated carbocycles. The fourth-order valence-electron chi connectivity index (χ4n) is 3.29. The second kappa shape index (κ2) is 9.78. The van der Waals surface area contributed by atoms with Crippen LogP contribution in [0.3, 0.4) is 0 Å². The van der Waals surface area contributed by atoms with Crippen LogP contribution in [0.5, 0.6) is 5.75 Å². The molecule has 2 aromatic carbocycles. The maximum absolute atomic E-state index is 12.8. The number of carbonyl (C=O) groups excluding carboxylic acids is 1. The van der Waals surface area contributed by atoms with E-state index < -0.39 is 0 Å². The average molecular weight is 387 g/mol. The molecule has 6 heteroatoms. The van der Waals surface area contributed by atoms with Crippen LogP contribution in [0, 0.1) is 0 Å². The van der Waals surface area contributed by atoms with E-state index in [1.807, 2.05) is 42.7 Å². The van der Waals surface area contributed by atoms with Crippen molar-refractivity contribution in [2.45, 2.75) is 10.9 Å². The number of nitrogens with one attached hydrogen (secondary N) is 1. The Hall–Kier alpha value is -2.02. The first-order chi connectivity index (χ1) is 13.2. The molecule has 1 atom stereocenters. The molecule has 1 aliphatic rings. The monoisotopic (exact) mass is 386 g/mol. The van der Waals surface area contributed by atoms with Crippen molar-refractivity contribution in [3.8, 4) is 5.75 Å². The molecule has 1 N–H and O–H groups in total. The first-order valence-electron chi connectivity index (χ1n) is 9.10. The number of ether oxygens (including phenoxy) is 2. The molecule has 27 heavy (non-hydrogen) atoms. The standard InChI is InChI=1S/C21H26N2O3S/c1-25-17-9-7-16(8-10-17)19(23-11-13-26-14-12-23)15-22-21(24)18-5-3-4-6-20(18)27-2/h3-10,19H,11-15H2,1-2H3,(H,22,24). The number of amides is 1. The molecule has 1 heterocycles. The summed E-state index contributed by atoms with van der Waals surface area (Å²) in [6.07, 6.45) is 1.99. The molecule has 144 valence electrons. The van der Waals surface area contributed by atoms with Crippen molar-refractivity contribution < 1.29 is 14.3 Å². The highest BCUT2D eigenvalue weighted by Gasteiger charge is 2.23. The molecule has 3 rings (SSSR count). The van der Waals surface area contributed by atoms with Gasteiger partial charge in [0.15, 0.2) is 0 Å². The van der Waals surface area contributed by atoms with Gasteiger partial charge in [0.1, 0.15) is 5.75 Å². The Morgan fingerprint density at radius 3 is 2.56 bits per heavy atom. The van der Waals surface area contributed by atoms with Gasteiger partial charge in [0, 0.05) is 24.5 Å². The smallest absolute Gasteiger partial charge is 0.252 e. The number of nitrogens with zero attached hydrogens (tertiary/aromatic N) is 1. The van der Waals surface area contributed by atoms with E-state index in [4.69, 9.17) is 9.47 Å². The average Bonchev–Trinajstić information content (AvgIpc) is 2.75. The minimum Gasteiger partial charge on any atom is -0.497 e. The fraction of sp³-hybridized carbons (Fsp3) is 0.381. The van der Waals surface area contributed by atoms with Crippen LogP contribution in [-0.4, -0.2) is 57.0 Å². The summed E-state index contributed by atoms with van der Waals surface area (Å²) in [6.45, 7) is 3.70. The molecule has 1 fully saturated rings. The number of benzene rings is 2. The number of hydrogen-bond donors (Lipinski definition) is 1. The maximum Gasteiger partial charge on any atom is 0.252 e. The first kappa shape index (κ1) is 19.7. The van der Waals surface area contributed by atoms with Crippen LogP contribution in [0.2, 0.25) is 0 Å². The van der Waals surface area contributed by atoms with Crippen molar-refractivity contribution in [3.63, 3.8) is 0 Å². The van der Waals surface area contributed by atoms with Gasteiger partial charge >= 0.3 is 0 Å². The van der Waals surface area contributed by atoms with Crippen molar-refractivity contribution >= 4 is 17.7 Å². The maximum atomic E-state index is 12.8. The zero-order valence-electron chi connectivity index (χ0n) is 15.8. The lowest BCUT2D eigenvalue weighted by Crippen LogP contribution is -2.43. The predicted octanol–water partition coefficient (Wildman–Crippen LogP) is 3.22. The number of morpholine rings is 1. The number of carbonyl (C=O) groups is 1. The van der Waals surface area contributed by atoms with Gasteiger partial charge in [-0.15, -0.1) is 11.8 Å². The summed E-state index contributed by atoms with van der Waals surface area (Å²) in [5.41, 5.74) is 1.89. The summed E-state index contributed by atoms with van der Waals surface area (Å²) in [5, 5.41) is 3.13. The molecule has 0 radical (unpaired) electrons. The number of methoxy groups -OCH3 is 1. The number of rotatable bonds is 7. The van der Waals surface area contributed by atoms with Crippen LogP contribution in [0.1, 0.15) is 22.0 Å². The Bertz CT molecular complexity index is 745. The predicted molar refractivity (Wildman–Crippen MR) is 109 cm³/mol. The lowest BCUT2D eigenvalue weighted by Gasteiger charge is -2.35. The second-order valence-electron chi connectivity index (χ2n) is 6.35. The van der Waals surface area contributed by atoms with Crippen molar-refractivity contribution in [1.82, 2.24) is 10.2 Å². The number of thioether (sulfide) groups is 1. The largest absolute Gasteiger partial charge is 0.497 e. The molecular weight excluding hydrogens is 360 g/mol. The summed E-state index contributed by atoms with van der Waals surface area (Å²) >= 11 is 1.58. The van der Waals surface area contributed by atoms with E-state index in [1.165, 1.54) is 0 Å². The van der Waals surface area contributed by atoms with Crippen molar-refractivity contribution in [1.29, 1.82) is 0 Å². The van der Waals surface area contributed by atoms with Gasteiger partial charge in [-0.2, -0.15) is 0 Å². The molecule has 0 aromatic heterocycles. The normalized spacial score (nSPS) is 15.9. The lowest BCUT2D eigenvalue weighted by molar-refractivity contribution is 0.0162. The van der Waals surface area contributed by atoms with Gasteiger partial charge < -0.3 is 14.8 Å².